The summed E-state index contributed by atoms with van der Waals surface area (Å²) in [5.74, 6) is -5.06. The van der Waals surface area contributed by atoms with Gasteiger partial charge < -0.3 is 38.8 Å². The first-order valence-electron chi connectivity index (χ1n) is 20.0. The maximum Gasteiger partial charge on any atom is 0.316 e. The number of likely N-dealkylation sites (N-methyl/N-ethyl adjacent to an activating group) is 1. The van der Waals surface area contributed by atoms with E-state index in [0.29, 0.717) is 12.8 Å². The minimum absolute atomic E-state index is 0.134. The first-order chi connectivity index (χ1) is 25.9. The number of aliphatic hydroxyl groups excluding tert-OH is 1. The van der Waals surface area contributed by atoms with Crippen LogP contribution in [0.1, 0.15) is 93.1 Å². The largest absolute Gasteiger partial charge is 0.459 e. The topological polar surface area (TPSA) is 154 Å². The van der Waals surface area contributed by atoms with Crippen LogP contribution in [0.2, 0.25) is 0 Å². The smallest absolute Gasteiger partial charge is 0.316 e. The van der Waals surface area contributed by atoms with Crippen LogP contribution in [-0.4, -0.2) is 119 Å². The molecule has 2 saturated heterocycles. The first kappa shape index (κ1) is 44.9. The Balaban J connectivity index is 1.62. The molecule has 2 N–H and O–H groups in total. The van der Waals surface area contributed by atoms with Gasteiger partial charge in [-0.2, -0.15) is 0 Å². The second-order valence-electron chi connectivity index (χ2n) is 16.7. The van der Waals surface area contributed by atoms with Gasteiger partial charge >= 0.3 is 5.97 Å². The fourth-order valence-electron chi connectivity index (χ4n) is 8.63. The number of rotatable bonds is 11. The monoisotopic (exact) mass is 770 g/mol. The van der Waals surface area contributed by atoms with E-state index < -0.39 is 77.3 Å². The molecule has 0 saturated carbocycles. The number of carbonyl (C=O) groups is 3. The van der Waals surface area contributed by atoms with Crippen LogP contribution in [-0.2, 0) is 44.5 Å². The summed E-state index contributed by atoms with van der Waals surface area (Å²) in [6.45, 7) is 13.9. The lowest BCUT2D eigenvalue weighted by molar-refractivity contribution is -0.295. The van der Waals surface area contributed by atoms with Crippen molar-refractivity contribution >= 4 is 28.4 Å². The summed E-state index contributed by atoms with van der Waals surface area (Å²) in [5.41, 5.74) is -0.976. The van der Waals surface area contributed by atoms with E-state index in [1.54, 1.807) is 34.6 Å². The highest BCUT2D eigenvalue weighted by molar-refractivity contribution is 6.00. The number of Topliss-reactive ketones (excluding diaryl/α,β-unsaturated/α-hetero) is 2. The number of para-hydroxylation sites is 1. The third-order valence-corrected chi connectivity index (χ3v) is 12.1. The zero-order chi connectivity index (χ0) is 40.8. The fraction of sp³-hybridized carbons (Fsp3) is 0.721. The molecule has 2 aromatic rings. The van der Waals surface area contributed by atoms with Gasteiger partial charge in [-0.3, -0.25) is 19.4 Å². The second kappa shape index (κ2) is 19.1. The van der Waals surface area contributed by atoms with Crippen molar-refractivity contribution in [1.82, 2.24) is 9.88 Å². The standard InChI is InChI=1S/C43H66N2O10/c1-12-34-43(8,50)39(52-20-16-15-17-30-22-31-18-13-14-19-32(31)44-24-30)27(4)35(46)25(2)23-42(7,51-11)38(28(5)36(47)29(6)40(49)54-34)55-41-37(48)33(45(9)10)21-26(3)53-41/h13-14,18-19,22,24-29,33-34,37-39,41,48,50H,12,15-17,20-21,23H2,1-11H3/t25-,26-,27-,28+,29-,33+,34+,37-,38-,39?,41+,42+,43-/m1/s1. The molecule has 2 aliphatic heterocycles. The number of benzene rings is 1. The lowest BCUT2D eigenvalue weighted by Gasteiger charge is -2.47. The Morgan fingerprint density at radius 1 is 0.982 bits per heavy atom. The summed E-state index contributed by atoms with van der Waals surface area (Å²) in [6, 6.07) is 9.84. The lowest BCUT2D eigenvalue weighted by atomic mass is 9.74. The molecule has 12 nitrogen and oxygen atoms in total. The first-order valence-corrected chi connectivity index (χ1v) is 20.0. The molecule has 4 rings (SSSR count). The molecule has 0 aliphatic carbocycles. The van der Waals surface area contributed by atoms with E-state index >= 15 is 0 Å². The number of unbranched alkanes of at least 4 members (excludes halogenated alkanes) is 1. The van der Waals surface area contributed by atoms with Gasteiger partial charge in [0.15, 0.2) is 12.1 Å². The molecule has 12 heteroatoms. The molecule has 1 unspecified atom stereocenters. The van der Waals surface area contributed by atoms with Crippen LogP contribution in [0.25, 0.3) is 10.9 Å². The Bertz CT molecular complexity index is 1600. The summed E-state index contributed by atoms with van der Waals surface area (Å²) in [4.78, 5) is 48.8. The number of nitrogens with zero attached hydrogens (tertiary/aromatic N) is 2. The van der Waals surface area contributed by atoms with Gasteiger partial charge in [-0.15, -0.1) is 0 Å². The molecule has 1 aromatic carbocycles. The van der Waals surface area contributed by atoms with Gasteiger partial charge in [-0.1, -0.05) is 45.9 Å². The van der Waals surface area contributed by atoms with E-state index in [-0.39, 0.29) is 37.4 Å². The van der Waals surface area contributed by atoms with Crippen molar-refractivity contribution in [2.75, 3.05) is 27.8 Å². The van der Waals surface area contributed by atoms with Crippen molar-refractivity contribution in [3.63, 3.8) is 0 Å². The number of esters is 1. The number of cyclic esters (lactones) is 1. The number of carbonyl (C=O) groups excluding carboxylic acids is 3. The van der Waals surface area contributed by atoms with Gasteiger partial charge in [-0.05, 0) is 98.0 Å². The fourth-order valence-corrected chi connectivity index (χ4v) is 8.63. The van der Waals surface area contributed by atoms with Gasteiger partial charge in [0.25, 0.3) is 0 Å². The van der Waals surface area contributed by atoms with E-state index in [2.05, 4.69) is 11.1 Å². The molecular formula is C43H66N2O10. The van der Waals surface area contributed by atoms with E-state index in [9.17, 15) is 24.6 Å². The average molecular weight is 771 g/mol. The number of ether oxygens (including phenoxy) is 5. The molecule has 0 spiro atoms. The quantitative estimate of drug-likeness (QED) is 0.173. The molecule has 3 heterocycles. The normalized spacial score (nSPS) is 37.2. The molecule has 0 amide bonds. The Morgan fingerprint density at radius 2 is 1.65 bits per heavy atom. The van der Waals surface area contributed by atoms with Crippen molar-refractivity contribution in [3.8, 4) is 0 Å². The van der Waals surface area contributed by atoms with Crippen molar-refractivity contribution in [3.05, 3.63) is 42.1 Å². The summed E-state index contributed by atoms with van der Waals surface area (Å²) in [7, 11) is 5.24. The number of aromatic nitrogens is 1. The van der Waals surface area contributed by atoms with E-state index in [4.69, 9.17) is 23.7 Å². The van der Waals surface area contributed by atoms with Crippen LogP contribution in [0.5, 0.6) is 0 Å². The van der Waals surface area contributed by atoms with E-state index in [0.717, 1.165) is 29.3 Å². The zero-order valence-electron chi connectivity index (χ0n) is 34.8. The molecule has 2 aliphatic rings. The Morgan fingerprint density at radius 3 is 2.31 bits per heavy atom. The second-order valence-corrected chi connectivity index (χ2v) is 16.7. The third kappa shape index (κ3) is 10.4. The number of methoxy groups -OCH3 is 1. The number of pyridine rings is 1. The Labute approximate surface area is 327 Å². The van der Waals surface area contributed by atoms with Gasteiger partial charge in [0, 0.05) is 49.1 Å². The van der Waals surface area contributed by atoms with E-state index in [1.807, 2.05) is 56.4 Å². The van der Waals surface area contributed by atoms with Gasteiger partial charge in [-0.25, -0.2) is 0 Å². The van der Waals surface area contributed by atoms with Crippen molar-refractivity contribution in [1.29, 1.82) is 0 Å². The molecule has 308 valence electrons. The molecule has 55 heavy (non-hydrogen) atoms. The predicted octanol–water partition coefficient (Wildman–Crippen LogP) is 5.32. The van der Waals surface area contributed by atoms with Gasteiger partial charge in [0.05, 0.1) is 29.4 Å². The summed E-state index contributed by atoms with van der Waals surface area (Å²) in [6.07, 6.45) is -0.496. The molecule has 0 bridgehead atoms. The number of aliphatic hydroxyl groups is 2. The van der Waals surface area contributed by atoms with Gasteiger partial charge in [0.1, 0.15) is 29.5 Å². The maximum atomic E-state index is 14.4. The number of ketones is 2. The Kier molecular flexibility index (Phi) is 15.6. The van der Waals surface area contributed by atoms with E-state index in [1.165, 1.54) is 21.0 Å². The van der Waals surface area contributed by atoms with Crippen LogP contribution in [0, 0.1) is 23.7 Å². The molecule has 2 fully saturated rings. The summed E-state index contributed by atoms with van der Waals surface area (Å²) >= 11 is 0. The third-order valence-electron chi connectivity index (χ3n) is 12.1. The highest BCUT2D eigenvalue weighted by Gasteiger charge is 2.52. The van der Waals surface area contributed by atoms with Crippen LogP contribution < -0.4 is 0 Å². The average Bonchev–Trinajstić information content (AvgIpc) is 3.15. The van der Waals surface area contributed by atoms with Crippen LogP contribution in [0.3, 0.4) is 0 Å². The molecule has 13 atom stereocenters. The summed E-state index contributed by atoms with van der Waals surface area (Å²) in [5, 5.41) is 24.7. The van der Waals surface area contributed by atoms with Crippen molar-refractivity contribution in [2.45, 2.75) is 148 Å². The zero-order valence-corrected chi connectivity index (χ0v) is 34.8. The van der Waals surface area contributed by atoms with Crippen LogP contribution in [0.4, 0.5) is 0 Å². The summed E-state index contributed by atoms with van der Waals surface area (Å²) < 4.78 is 31.2. The van der Waals surface area contributed by atoms with Crippen LogP contribution >= 0.6 is 0 Å². The van der Waals surface area contributed by atoms with Crippen molar-refractivity contribution in [2.24, 2.45) is 23.7 Å². The number of fused-ring (bicyclic) bond motifs is 1. The minimum Gasteiger partial charge on any atom is -0.459 e. The minimum atomic E-state index is -1.77. The van der Waals surface area contributed by atoms with Crippen LogP contribution in [0.15, 0.2) is 36.5 Å². The van der Waals surface area contributed by atoms with Gasteiger partial charge in [0.2, 0.25) is 0 Å². The van der Waals surface area contributed by atoms with Crippen molar-refractivity contribution < 1.29 is 48.3 Å². The molecular weight excluding hydrogens is 704 g/mol. The SMILES string of the molecule is CC[C@@H]1OC(=O)[C@H](C)C(=O)[C@H](C)[C@@H](O[C@@H]2O[C@H](C)C[C@H](N(C)C)[C@H]2O)[C@@](C)(OC)C[C@@H](C)C(=O)[C@@H](C)C(OCCCCc2cnc3ccccc3c2)[C@]1(C)O. The highest BCUT2D eigenvalue weighted by Crippen LogP contribution is 2.39. The number of aryl methyl sites for hydroxylation is 1. The highest BCUT2D eigenvalue weighted by atomic mass is 16.7. The number of hydrogen-bond acceptors (Lipinski definition) is 12. The Hall–Kier alpha value is -2.84. The molecule has 0 radical (unpaired) electrons. The molecule has 1 aromatic heterocycles. The predicted molar refractivity (Wildman–Crippen MR) is 209 cm³/mol. The lowest BCUT2D eigenvalue weighted by Crippen LogP contribution is -2.60. The number of hydrogen-bond donors (Lipinski definition) is 2. The maximum absolute atomic E-state index is 14.4.